The van der Waals surface area contributed by atoms with Crippen molar-refractivity contribution in [3.63, 3.8) is 0 Å². The summed E-state index contributed by atoms with van der Waals surface area (Å²) < 4.78 is 13.6. The molecule has 3 aromatic rings. The number of aryl methyl sites for hydroxylation is 1. The minimum Gasteiger partial charge on any atom is -0.347 e. The Morgan fingerprint density at radius 1 is 1.04 bits per heavy atom. The van der Waals surface area contributed by atoms with E-state index in [0.717, 1.165) is 17.7 Å². The van der Waals surface area contributed by atoms with E-state index < -0.39 is 0 Å². The number of aromatic nitrogens is 2. The Bertz CT molecular complexity index is 914. The standard InChI is InChI=1S/C20H19FN4O/c1-2-14-7-4-6-10-17(14)24-20-22-12-11-18(25-20)19(26)23-13-15-8-3-5-9-16(15)21/h3-12H,2,13H2,1H3,(H,23,26)(H,22,24,25). The van der Waals surface area contributed by atoms with Gasteiger partial charge in [-0.1, -0.05) is 43.3 Å². The highest BCUT2D eigenvalue weighted by molar-refractivity contribution is 5.92. The van der Waals surface area contributed by atoms with Crippen LogP contribution in [0.4, 0.5) is 16.0 Å². The molecule has 2 N–H and O–H groups in total. The Kier molecular flexibility index (Phi) is 5.53. The van der Waals surface area contributed by atoms with E-state index in [0.29, 0.717) is 11.5 Å². The van der Waals surface area contributed by atoms with Gasteiger partial charge in [0.05, 0.1) is 0 Å². The quantitative estimate of drug-likeness (QED) is 0.709. The fraction of sp³-hybridized carbons (Fsp3) is 0.150. The molecule has 26 heavy (non-hydrogen) atoms. The second kappa shape index (κ2) is 8.20. The molecule has 0 aliphatic carbocycles. The molecule has 0 atom stereocenters. The van der Waals surface area contributed by atoms with Crippen LogP contribution in [0.15, 0.2) is 60.8 Å². The molecule has 1 heterocycles. The van der Waals surface area contributed by atoms with Crippen LogP contribution in [0.5, 0.6) is 0 Å². The van der Waals surface area contributed by atoms with Gasteiger partial charge in [-0.05, 0) is 30.2 Å². The third-order valence-corrected chi connectivity index (χ3v) is 3.93. The maximum atomic E-state index is 13.6. The van der Waals surface area contributed by atoms with Gasteiger partial charge in [-0.2, -0.15) is 0 Å². The Morgan fingerprint density at radius 3 is 2.54 bits per heavy atom. The first-order valence-electron chi connectivity index (χ1n) is 8.37. The van der Waals surface area contributed by atoms with E-state index in [1.54, 1.807) is 18.2 Å². The second-order valence-electron chi connectivity index (χ2n) is 5.68. The van der Waals surface area contributed by atoms with E-state index in [1.165, 1.54) is 18.3 Å². The van der Waals surface area contributed by atoms with E-state index in [1.807, 2.05) is 24.3 Å². The molecule has 2 aromatic carbocycles. The number of hydrogen-bond acceptors (Lipinski definition) is 4. The minimum atomic E-state index is -0.387. The average Bonchev–Trinajstić information content (AvgIpc) is 2.68. The van der Waals surface area contributed by atoms with Crippen molar-refractivity contribution in [1.82, 2.24) is 15.3 Å². The normalized spacial score (nSPS) is 10.4. The molecular formula is C20H19FN4O. The summed E-state index contributed by atoms with van der Waals surface area (Å²) in [5, 5.41) is 5.81. The van der Waals surface area contributed by atoms with Gasteiger partial charge >= 0.3 is 0 Å². The van der Waals surface area contributed by atoms with Crippen molar-refractivity contribution in [2.24, 2.45) is 0 Å². The molecule has 0 aliphatic rings. The molecule has 0 radical (unpaired) electrons. The zero-order valence-electron chi connectivity index (χ0n) is 14.4. The van der Waals surface area contributed by atoms with Gasteiger partial charge in [0.2, 0.25) is 5.95 Å². The molecule has 0 aliphatic heterocycles. The van der Waals surface area contributed by atoms with Crippen molar-refractivity contribution >= 4 is 17.5 Å². The first-order chi connectivity index (χ1) is 12.7. The van der Waals surface area contributed by atoms with Crippen LogP contribution in [-0.2, 0) is 13.0 Å². The van der Waals surface area contributed by atoms with Gasteiger partial charge in [0.15, 0.2) is 0 Å². The van der Waals surface area contributed by atoms with E-state index in [4.69, 9.17) is 0 Å². The number of carbonyl (C=O) groups is 1. The van der Waals surface area contributed by atoms with Crippen LogP contribution < -0.4 is 10.6 Å². The summed E-state index contributed by atoms with van der Waals surface area (Å²) in [4.78, 5) is 20.7. The van der Waals surface area contributed by atoms with Gasteiger partial charge < -0.3 is 10.6 Å². The molecule has 0 saturated heterocycles. The van der Waals surface area contributed by atoms with Crippen molar-refractivity contribution in [3.05, 3.63) is 83.4 Å². The van der Waals surface area contributed by atoms with Crippen LogP contribution >= 0.6 is 0 Å². The largest absolute Gasteiger partial charge is 0.347 e. The number of para-hydroxylation sites is 1. The average molecular weight is 350 g/mol. The number of benzene rings is 2. The molecule has 6 heteroatoms. The lowest BCUT2D eigenvalue weighted by molar-refractivity contribution is 0.0945. The van der Waals surface area contributed by atoms with E-state index >= 15 is 0 Å². The zero-order chi connectivity index (χ0) is 18.4. The summed E-state index contributed by atoms with van der Waals surface area (Å²) in [5.41, 5.74) is 2.67. The summed E-state index contributed by atoms with van der Waals surface area (Å²) in [6.45, 7) is 2.16. The molecule has 0 spiro atoms. The molecule has 3 rings (SSSR count). The molecule has 1 amide bonds. The molecular weight excluding hydrogens is 331 g/mol. The SMILES string of the molecule is CCc1ccccc1Nc1nccc(C(=O)NCc2ccccc2F)n1. The van der Waals surface area contributed by atoms with Crippen molar-refractivity contribution in [1.29, 1.82) is 0 Å². The lowest BCUT2D eigenvalue weighted by Crippen LogP contribution is -2.24. The summed E-state index contributed by atoms with van der Waals surface area (Å²) in [6, 6.07) is 15.7. The Balaban J connectivity index is 1.70. The van der Waals surface area contributed by atoms with Gasteiger partial charge in [-0.15, -0.1) is 0 Å². The van der Waals surface area contributed by atoms with Crippen molar-refractivity contribution < 1.29 is 9.18 Å². The van der Waals surface area contributed by atoms with Gasteiger partial charge in [0.25, 0.3) is 5.91 Å². The van der Waals surface area contributed by atoms with E-state index in [9.17, 15) is 9.18 Å². The van der Waals surface area contributed by atoms with Crippen LogP contribution in [0.3, 0.4) is 0 Å². The minimum absolute atomic E-state index is 0.0942. The van der Waals surface area contributed by atoms with Gasteiger partial charge in [-0.25, -0.2) is 14.4 Å². The topological polar surface area (TPSA) is 66.9 Å². The van der Waals surface area contributed by atoms with E-state index in [2.05, 4.69) is 27.5 Å². The molecule has 0 bridgehead atoms. The number of hydrogen-bond donors (Lipinski definition) is 2. The highest BCUT2D eigenvalue weighted by Crippen LogP contribution is 2.19. The smallest absolute Gasteiger partial charge is 0.270 e. The van der Waals surface area contributed by atoms with Gasteiger partial charge in [0, 0.05) is 24.0 Å². The highest BCUT2D eigenvalue weighted by Gasteiger charge is 2.10. The predicted octanol–water partition coefficient (Wildman–Crippen LogP) is 3.85. The third-order valence-electron chi connectivity index (χ3n) is 3.93. The number of halogens is 1. The van der Waals surface area contributed by atoms with Crippen LogP contribution in [-0.4, -0.2) is 15.9 Å². The third kappa shape index (κ3) is 4.22. The highest BCUT2D eigenvalue weighted by atomic mass is 19.1. The first kappa shape index (κ1) is 17.5. The Labute approximate surface area is 151 Å². The van der Waals surface area contributed by atoms with Crippen LogP contribution in [0.25, 0.3) is 0 Å². The number of nitrogens with zero attached hydrogens (tertiary/aromatic N) is 2. The number of rotatable bonds is 6. The fourth-order valence-corrected chi connectivity index (χ4v) is 2.52. The number of nitrogens with one attached hydrogen (secondary N) is 2. The van der Waals surface area contributed by atoms with Crippen molar-refractivity contribution in [3.8, 4) is 0 Å². The number of amides is 1. The molecule has 132 valence electrons. The fourth-order valence-electron chi connectivity index (χ4n) is 2.52. The molecule has 5 nitrogen and oxygen atoms in total. The van der Waals surface area contributed by atoms with Gasteiger partial charge in [-0.3, -0.25) is 4.79 Å². The monoisotopic (exact) mass is 350 g/mol. The van der Waals surface area contributed by atoms with Crippen LogP contribution in [0, 0.1) is 5.82 Å². The molecule has 1 aromatic heterocycles. The van der Waals surface area contributed by atoms with Gasteiger partial charge in [0.1, 0.15) is 11.5 Å². The van der Waals surface area contributed by atoms with Crippen molar-refractivity contribution in [2.75, 3.05) is 5.32 Å². The second-order valence-corrected chi connectivity index (χ2v) is 5.68. The van der Waals surface area contributed by atoms with E-state index in [-0.39, 0.29) is 24.0 Å². The maximum Gasteiger partial charge on any atom is 0.270 e. The van der Waals surface area contributed by atoms with Crippen LogP contribution in [0.1, 0.15) is 28.5 Å². The number of anilines is 2. The lowest BCUT2D eigenvalue weighted by Gasteiger charge is -2.10. The number of carbonyl (C=O) groups excluding carboxylic acids is 1. The maximum absolute atomic E-state index is 13.6. The summed E-state index contributed by atoms with van der Waals surface area (Å²) in [6.07, 6.45) is 2.38. The Hall–Kier alpha value is -3.28. The van der Waals surface area contributed by atoms with Crippen molar-refractivity contribution in [2.45, 2.75) is 19.9 Å². The summed E-state index contributed by atoms with van der Waals surface area (Å²) >= 11 is 0. The van der Waals surface area contributed by atoms with Crippen LogP contribution in [0.2, 0.25) is 0 Å². The zero-order valence-corrected chi connectivity index (χ0v) is 14.4. The first-order valence-corrected chi connectivity index (χ1v) is 8.37. The lowest BCUT2D eigenvalue weighted by atomic mass is 10.1. The summed E-state index contributed by atoms with van der Waals surface area (Å²) in [5.74, 6) is -0.402. The molecule has 0 saturated carbocycles. The predicted molar refractivity (Wildman–Crippen MR) is 98.7 cm³/mol. The summed E-state index contributed by atoms with van der Waals surface area (Å²) in [7, 11) is 0. The Morgan fingerprint density at radius 2 is 1.77 bits per heavy atom. The molecule has 0 unspecified atom stereocenters. The molecule has 0 fully saturated rings.